The maximum atomic E-state index is 11.0. The number of carbonyl (C=O) groups is 1. The maximum Gasteiger partial charge on any atom is 0.332 e. The van der Waals surface area contributed by atoms with Crippen LogP contribution in [-0.4, -0.2) is 29.3 Å². The van der Waals surface area contributed by atoms with Gasteiger partial charge in [0.15, 0.2) is 6.10 Å². The van der Waals surface area contributed by atoms with Crippen LogP contribution >= 0.6 is 0 Å². The minimum atomic E-state index is -0.875. The number of ether oxygens (including phenoxy) is 1. The van der Waals surface area contributed by atoms with E-state index in [9.17, 15) is 4.79 Å². The van der Waals surface area contributed by atoms with E-state index in [0.29, 0.717) is 13.0 Å². The Kier molecular flexibility index (Phi) is 5.22. The molecule has 3 N–H and O–H groups in total. The van der Waals surface area contributed by atoms with Crippen LogP contribution in [0.15, 0.2) is 0 Å². The molecule has 1 fully saturated rings. The van der Waals surface area contributed by atoms with Crippen LogP contribution in [0.5, 0.6) is 0 Å². The first-order valence-electron chi connectivity index (χ1n) is 6.24. The number of carboxylic acids is 1. The van der Waals surface area contributed by atoms with Crippen LogP contribution < -0.4 is 5.73 Å². The maximum absolute atomic E-state index is 11.0. The number of hydrogen-bond donors (Lipinski definition) is 2. The van der Waals surface area contributed by atoms with E-state index < -0.39 is 17.7 Å². The molecule has 0 heterocycles. The van der Waals surface area contributed by atoms with Gasteiger partial charge in [-0.15, -0.1) is 0 Å². The molecule has 94 valence electrons. The van der Waals surface area contributed by atoms with Crippen molar-refractivity contribution in [1.29, 1.82) is 0 Å². The molecule has 4 nitrogen and oxygen atoms in total. The van der Waals surface area contributed by atoms with Crippen molar-refractivity contribution in [2.45, 2.75) is 63.6 Å². The fourth-order valence-corrected chi connectivity index (χ4v) is 2.35. The second-order valence-electron chi connectivity index (χ2n) is 4.65. The summed E-state index contributed by atoms with van der Waals surface area (Å²) in [6.45, 7) is 2.26. The standard InChI is InChI=1S/C12H23NO3/c1-2-10(11(14)15)16-12(9-13)7-5-3-4-6-8-12/h10H,2-9,13H2,1H3,(H,14,15). The Hall–Kier alpha value is -0.610. The highest BCUT2D eigenvalue weighted by molar-refractivity contribution is 5.72. The number of rotatable bonds is 5. The van der Waals surface area contributed by atoms with E-state index in [2.05, 4.69) is 0 Å². The Bertz CT molecular complexity index is 222. The van der Waals surface area contributed by atoms with Gasteiger partial charge in [-0.3, -0.25) is 0 Å². The van der Waals surface area contributed by atoms with Gasteiger partial charge in [-0.2, -0.15) is 0 Å². The highest BCUT2D eigenvalue weighted by Crippen LogP contribution is 2.31. The predicted molar refractivity (Wildman–Crippen MR) is 62.3 cm³/mol. The summed E-state index contributed by atoms with van der Waals surface area (Å²) >= 11 is 0. The smallest absolute Gasteiger partial charge is 0.332 e. The van der Waals surface area contributed by atoms with E-state index in [0.717, 1.165) is 25.7 Å². The van der Waals surface area contributed by atoms with Gasteiger partial charge in [0.05, 0.1) is 5.60 Å². The van der Waals surface area contributed by atoms with Crippen LogP contribution in [0.4, 0.5) is 0 Å². The van der Waals surface area contributed by atoms with Crippen LogP contribution in [0.25, 0.3) is 0 Å². The number of carboxylic acid groups (broad SMARTS) is 1. The summed E-state index contributed by atoms with van der Waals surface area (Å²) in [6.07, 6.45) is 6.17. The lowest BCUT2D eigenvalue weighted by Gasteiger charge is -2.34. The van der Waals surface area contributed by atoms with Crippen molar-refractivity contribution < 1.29 is 14.6 Å². The van der Waals surface area contributed by atoms with Crippen molar-refractivity contribution in [2.24, 2.45) is 5.73 Å². The lowest BCUT2D eigenvalue weighted by molar-refractivity contribution is -0.165. The van der Waals surface area contributed by atoms with Crippen molar-refractivity contribution in [1.82, 2.24) is 0 Å². The number of nitrogens with two attached hydrogens (primary N) is 1. The predicted octanol–water partition coefficient (Wildman–Crippen LogP) is 1.92. The van der Waals surface area contributed by atoms with E-state index in [1.165, 1.54) is 12.8 Å². The highest BCUT2D eigenvalue weighted by Gasteiger charge is 2.34. The second kappa shape index (κ2) is 6.21. The topological polar surface area (TPSA) is 72.5 Å². The molecule has 1 rings (SSSR count). The van der Waals surface area contributed by atoms with E-state index in [-0.39, 0.29) is 0 Å². The second-order valence-corrected chi connectivity index (χ2v) is 4.65. The first-order chi connectivity index (χ1) is 7.63. The van der Waals surface area contributed by atoms with Gasteiger partial charge in [0.1, 0.15) is 0 Å². The monoisotopic (exact) mass is 229 g/mol. The summed E-state index contributed by atoms with van der Waals surface area (Å²) in [5.41, 5.74) is 5.40. The molecule has 1 atom stereocenters. The lowest BCUT2D eigenvalue weighted by atomic mass is 9.94. The van der Waals surface area contributed by atoms with E-state index >= 15 is 0 Å². The molecular formula is C12H23NO3. The van der Waals surface area contributed by atoms with Crippen LogP contribution in [0.3, 0.4) is 0 Å². The molecule has 0 aromatic carbocycles. The summed E-state index contributed by atoms with van der Waals surface area (Å²) in [7, 11) is 0. The first kappa shape index (κ1) is 13.5. The quantitative estimate of drug-likeness (QED) is 0.706. The molecule has 0 aromatic rings. The minimum absolute atomic E-state index is 0.393. The third-order valence-corrected chi connectivity index (χ3v) is 3.43. The Balaban J connectivity index is 2.66. The van der Waals surface area contributed by atoms with Crippen molar-refractivity contribution in [3.63, 3.8) is 0 Å². The molecule has 16 heavy (non-hydrogen) atoms. The van der Waals surface area contributed by atoms with Gasteiger partial charge in [0.2, 0.25) is 0 Å². The molecule has 1 unspecified atom stereocenters. The minimum Gasteiger partial charge on any atom is -0.479 e. The van der Waals surface area contributed by atoms with Gasteiger partial charge in [-0.1, -0.05) is 32.6 Å². The SMILES string of the molecule is CCC(OC1(CN)CCCCCC1)C(=O)O. The molecular weight excluding hydrogens is 206 g/mol. The Morgan fingerprint density at radius 3 is 2.31 bits per heavy atom. The van der Waals surface area contributed by atoms with Gasteiger partial charge in [0, 0.05) is 6.54 Å². The van der Waals surface area contributed by atoms with Crippen molar-refractivity contribution in [3.8, 4) is 0 Å². The molecule has 0 spiro atoms. The summed E-state index contributed by atoms with van der Waals surface area (Å²) in [5.74, 6) is -0.875. The van der Waals surface area contributed by atoms with Crippen LogP contribution in [-0.2, 0) is 9.53 Å². The average molecular weight is 229 g/mol. The van der Waals surface area contributed by atoms with E-state index in [1.54, 1.807) is 0 Å². The molecule has 1 aliphatic carbocycles. The Morgan fingerprint density at radius 2 is 1.94 bits per heavy atom. The van der Waals surface area contributed by atoms with Gasteiger partial charge < -0.3 is 15.6 Å². The number of hydrogen-bond acceptors (Lipinski definition) is 3. The number of aliphatic carboxylic acids is 1. The molecule has 0 bridgehead atoms. The normalized spacial score (nSPS) is 22.4. The van der Waals surface area contributed by atoms with E-state index in [1.807, 2.05) is 6.92 Å². The third kappa shape index (κ3) is 3.46. The molecule has 0 aliphatic heterocycles. The molecule has 0 saturated heterocycles. The fourth-order valence-electron chi connectivity index (χ4n) is 2.35. The zero-order valence-electron chi connectivity index (χ0n) is 10.1. The first-order valence-corrected chi connectivity index (χ1v) is 6.24. The zero-order valence-corrected chi connectivity index (χ0v) is 10.1. The zero-order chi connectivity index (χ0) is 12.0. The average Bonchev–Trinajstić information content (AvgIpc) is 2.51. The third-order valence-electron chi connectivity index (χ3n) is 3.43. The summed E-state index contributed by atoms with van der Waals surface area (Å²) in [4.78, 5) is 11.0. The molecule has 1 aliphatic rings. The van der Waals surface area contributed by atoms with Gasteiger partial charge in [-0.25, -0.2) is 4.79 Å². The summed E-state index contributed by atoms with van der Waals surface area (Å²) < 4.78 is 5.79. The molecule has 0 aromatic heterocycles. The van der Waals surface area contributed by atoms with Crippen molar-refractivity contribution >= 4 is 5.97 Å². The Labute approximate surface area is 97.2 Å². The summed E-state index contributed by atoms with van der Waals surface area (Å²) in [6, 6.07) is 0. The fraction of sp³-hybridized carbons (Fsp3) is 0.917. The van der Waals surface area contributed by atoms with Crippen LogP contribution in [0.1, 0.15) is 51.9 Å². The van der Waals surface area contributed by atoms with Crippen LogP contribution in [0, 0.1) is 0 Å². The molecule has 4 heteroatoms. The van der Waals surface area contributed by atoms with Crippen molar-refractivity contribution in [2.75, 3.05) is 6.54 Å². The van der Waals surface area contributed by atoms with E-state index in [4.69, 9.17) is 15.6 Å². The highest BCUT2D eigenvalue weighted by atomic mass is 16.5. The van der Waals surface area contributed by atoms with Crippen LogP contribution in [0.2, 0.25) is 0 Å². The summed E-state index contributed by atoms with van der Waals surface area (Å²) in [5, 5.41) is 9.02. The molecule has 0 radical (unpaired) electrons. The largest absolute Gasteiger partial charge is 0.479 e. The lowest BCUT2D eigenvalue weighted by Crippen LogP contribution is -2.45. The Morgan fingerprint density at radius 1 is 1.38 bits per heavy atom. The van der Waals surface area contributed by atoms with Gasteiger partial charge in [0.25, 0.3) is 0 Å². The molecule has 0 amide bonds. The van der Waals surface area contributed by atoms with Crippen molar-refractivity contribution in [3.05, 3.63) is 0 Å². The van der Waals surface area contributed by atoms with Gasteiger partial charge >= 0.3 is 5.97 Å². The molecule has 1 saturated carbocycles. The van der Waals surface area contributed by atoms with Gasteiger partial charge in [-0.05, 0) is 19.3 Å².